The molecule has 0 aliphatic rings. The minimum absolute atomic E-state index is 0.430. The van der Waals surface area contributed by atoms with Crippen molar-refractivity contribution < 1.29 is 9.53 Å². The number of hydrogen-bond donors (Lipinski definition) is 1. The highest BCUT2D eigenvalue weighted by Crippen LogP contribution is 2.24. The lowest BCUT2D eigenvalue weighted by molar-refractivity contribution is 0.100. The molecule has 4 nitrogen and oxygen atoms in total. The van der Waals surface area contributed by atoms with Gasteiger partial charge in [-0.1, -0.05) is 18.2 Å². The molecule has 0 saturated heterocycles. The molecule has 0 atom stereocenters. The fourth-order valence-electron chi connectivity index (χ4n) is 2.20. The second kappa shape index (κ2) is 5.25. The zero-order valence-corrected chi connectivity index (χ0v) is 11.5. The number of aromatic nitrogens is 1. The first-order chi connectivity index (χ1) is 10.2. The summed E-state index contributed by atoms with van der Waals surface area (Å²) < 4.78 is 5.20. The number of methoxy groups -OCH3 is 1. The highest BCUT2D eigenvalue weighted by atomic mass is 16.5. The maximum absolute atomic E-state index is 11.1. The predicted octanol–water partition coefficient (Wildman–Crippen LogP) is 3.01. The van der Waals surface area contributed by atoms with E-state index < -0.39 is 5.91 Å². The van der Waals surface area contributed by atoms with Gasteiger partial charge in [0.2, 0.25) is 5.91 Å². The van der Waals surface area contributed by atoms with Gasteiger partial charge < -0.3 is 10.5 Å². The Morgan fingerprint density at radius 2 is 1.81 bits per heavy atom. The van der Waals surface area contributed by atoms with E-state index in [1.807, 2.05) is 42.5 Å². The molecule has 1 heterocycles. The van der Waals surface area contributed by atoms with Crippen LogP contribution in [0.3, 0.4) is 0 Å². The van der Waals surface area contributed by atoms with Crippen molar-refractivity contribution in [2.45, 2.75) is 0 Å². The highest BCUT2D eigenvalue weighted by molar-refractivity contribution is 5.93. The van der Waals surface area contributed by atoms with Gasteiger partial charge in [-0.25, -0.2) is 4.98 Å². The average molecular weight is 278 g/mol. The van der Waals surface area contributed by atoms with Crippen LogP contribution in [0.25, 0.3) is 22.2 Å². The fourth-order valence-corrected chi connectivity index (χ4v) is 2.20. The first-order valence-electron chi connectivity index (χ1n) is 6.52. The van der Waals surface area contributed by atoms with Crippen molar-refractivity contribution in [1.29, 1.82) is 0 Å². The smallest absolute Gasteiger partial charge is 0.248 e. The Morgan fingerprint density at radius 1 is 1.05 bits per heavy atom. The van der Waals surface area contributed by atoms with Crippen LogP contribution in [-0.4, -0.2) is 18.0 Å². The number of fused-ring (bicyclic) bond motifs is 1. The third kappa shape index (κ3) is 2.56. The van der Waals surface area contributed by atoms with E-state index in [1.54, 1.807) is 19.2 Å². The topological polar surface area (TPSA) is 65.2 Å². The molecule has 0 aliphatic carbocycles. The second-order valence-corrected chi connectivity index (χ2v) is 4.70. The van der Waals surface area contributed by atoms with Gasteiger partial charge in [-0.3, -0.25) is 4.79 Å². The predicted molar refractivity (Wildman–Crippen MR) is 82.2 cm³/mol. The molecule has 21 heavy (non-hydrogen) atoms. The number of primary amides is 1. The lowest BCUT2D eigenvalue weighted by Crippen LogP contribution is -2.10. The van der Waals surface area contributed by atoms with Gasteiger partial charge in [0, 0.05) is 16.5 Å². The van der Waals surface area contributed by atoms with Crippen molar-refractivity contribution in [1.82, 2.24) is 4.98 Å². The van der Waals surface area contributed by atoms with E-state index in [-0.39, 0.29) is 0 Å². The SMILES string of the molecule is COc1ccc2nc(-c3ccc(C(N)=O)cc3)ccc2c1. The summed E-state index contributed by atoms with van der Waals surface area (Å²) in [5, 5.41) is 1.02. The van der Waals surface area contributed by atoms with Gasteiger partial charge in [-0.15, -0.1) is 0 Å². The molecule has 0 bridgehead atoms. The summed E-state index contributed by atoms with van der Waals surface area (Å²) in [5.74, 6) is 0.378. The Labute approximate surface area is 122 Å². The summed E-state index contributed by atoms with van der Waals surface area (Å²) in [7, 11) is 1.64. The lowest BCUT2D eigenvalue weighted by atomic mass is 10.1. The van der Waals surface area contributed by atoms with Crippen LogP contribution < -0.4 is 10.5 Å². The van der Waals surface area contributed by atoms with Crippen LogP contribution in [0.5, 0.6) is 5.75 Å². The van der Waals surface area contributed by atoms with Crippen LogP contribution in [0.4, 0.5) is 0 Å². The summed E-state index contributed by atoms with van der Waals surface area (Å²) in [6.45, 7) is 0. The number of ether oxygens (including phenoxy) is 1. The Balaban J connectivity index is 2.02. The summed E-state index contributed by atoms with van der Waals surface area (Å²) in [6, 6.07) is 16.8. The summed E-state index contributed by atoms with van der Waals surface area (Å²) >= 11 is 0. The largest absolute Gasteiger partial charge is 0.497 e. The standard InChI is InChI=1S/C17H14N2O2/c1-21-14-7-9-16-13(10-14)6-8-15(19-16)11-2-4-12(5-3-11)17(18)20/h2-10H,1H3,(H2,18,20). The monoisotopic (exact) mass is 278 g/mol. The molecule has 2 N–H and O–H groups in total. The van der Waals surface area contributed by atoms with Gasteiger partial charge in [0.05, 0.1) is 18.3 Å². The van der Waals surface area contributed by atoms with E-state index in [1.165, 1.54) is 0 Å². The third-order valence-corrected chi connectivity index (χ3v) is 3.36. The molecule has 0 saturated carbocycles. The number of nitrogens with zero attached hydrogens (tertiary/aromatic N) is 1. The number of rotatable bonds is 3. The van der Waals surface area contributed by atoms with Crippen LogP contribution in [0, 0.1) is 0 Å². The number of benzene rings is 2. The van der Waals surface area contributed by atoms with Gasteiger partial charge in [-0.05, 0) is 36.4 Å². The number of pyridine rings is 1. The molecule has 0 unspecified atom stereocenters. The Hall–Kier alpha value is -2.88. The molecule has 0 spiro atoms. The van der Waals surface area contributed by atoms with Crippen LogP contribution in [0.1, 0.15) is 10.4 Å². The van der Waals surface area contributed by atoms with E-state index in [2.05, 4.69) is 4.98 Å². The first kappa shape index (κ1) is 13.1. The lowest BCUT2D eigenvalue weighted by Gasteiger charge is -2.05. The molecule has 104 valence electrons. The highest BCUT2D eigenvalue weighted by Gasteiger charge is 2.04. The molecule has 0 fully saturated rings. The van der Waals surface area contributed by atoms with E-state index in [9.17, 15) is 4.79 Å². The van der Waals surface area contributed by atoms with Crippen LogP contribution >= 0.6 is 0 Å². The number of nitrogens with two attached hydrogens (primary N) is 1. The molecule has 1 aromatic heterocycles. The summed E-state index contributed by atoms with van der Waals surface area (Å²) in [6.07, 6.45) is 0. The van der Waals surface area contributed by atoms with Gasteiger partial charge in [-0.2, -0.15) is 0 Å². The van der Waals surface area contributed by atoms with E-state index in [0.717, 1.165) is 27.9 Å². The van der Waals surface area contributed by atoms with Gasteiger partial charge >= 0.3 is 0 Å². The van der Waals surface area contributed by atoms with Crippen molar-refractivity contribution >= 4 is 16.8 Å². The summed E-state index contributed by atoms with van der Waals surface area (Å²) in [5.41, 5.74) is 8.42. The Morgan fingerprint density at radius 3 is 2.48 bits per heavy atom. The fraction of sp³-hybridized carbons (Fsp3) is 0.0588. The zero-order valence-electron chi connectivity index (χ0n) is 11.5. The quantitative estimate of drug-likeness (QED) is 0.801. The van der Waals surface area contributed by atoms with Gasteiger partial charge in [0.15, 0.2) is 0 Å². The third-order valence-electron chi connectivity index (χ3n) is 3.36. The average Bonchev–Trinajstić information content (AvgIpc) is 2.54. The van der Waals surface area contributed by atoms with Gasteiger partial charge in [0.1, 0.15) is 5.75 Å². The number of hydrogen-bond acceptors (Lipinski definition) is 3. The normalized spacial score (nSPS) is 10.5. The molecular formula is C17H14N2O2. The Kier molecular flexibility index (Phi) is 3.28. The molecule has 0 radical (unpaired) electrons. The molecule has 0 aliphatic heterocycles. The first-order valence-corrected chi connectivity index (χ1v) is 6.52. The molecule has 3 aromatic rings. The van der Waals surface area contributed by atoms with Crippen molar-refractivity contribution in [3.05, 3.63) is 60.2 Å². The maximum atomic E-state index is 11.1. The molecule has 4 heteroatoms. The maximum Gasteiger partial charge on any atom is 0.248 e. The molecular weight excluding hydrogens is 264 g/mol. The van der Waals surface area contributed by atoms with Gasteiger partial charge in [0.25, 0.3) is 0 Å². The number of amides is 1. The van der Waals surface area contributed by atoms with E-state index in [0.29, 0.717) is 5.56 Å². The van der Waals surface area contributed by atoms with Crippen LogP contribution in [0.15, 0.2) is 54.6 Å². The van der Waals surface area contributed by atoms with Crippen molar-refractivity contribution in [2.24, 2.45) is 5.73 Å². The number of carbonyl (C=O) groups excluding carboxylic acids is 1. The Bertz CT molecular complexity index is 811. The van der Waals surface area contributed by atoms with E-state index in [4.69, 9.17) is 10.5 Å². The van der Waals surface area contributed by atoms with E-state index >= 15 is 0 Å². The minimum atomic E-state index is -0.430. The molecule has 1 amide bonds. The van der Waals surface area contributed by atoms with Crippen molar-refractivity contribution in [3.8, 4) is 17.0 Å². The van der Waals surface area contributed by atoms with Crippen LogP contribution in [0.2, 0.25) is 0 Å². The summed E-state index contributed by atoms with van der Waals surface area (Å²) in [4.78, 5) is 15.7. The van der Waals surface area contributed by atoms with Crippen molar-refractivity contribution in [3.63, 3.8) is 0 Å². The number of carbonyl (C=O) groups is 1. The molecule has 3 rings (SSSR count). The van der Waals surface area contributed by atoms with Crippen LogP contribution in [-0.2, 0) is 0 Å². The molecule has 2 aromatic carbocycles. The van der Waals surface area contributed by atoms with Crippen molar-refractivity contribution in [2.75, 3.05) is 7.11 Å². The zero-order chi connectivity index (χ0) is 14.8. The second-order valence-electron chi connectivity index (χ2n) is 4.70. The minimum Gasteiger partial charge on any atom is -0.497 e.